The number of hydrogen-bond donors (Lipinski definition) is 0. The van der Waals surface area contributed by atoms with E-state index < -0.39 is 0 Å². The van der Waals surface area contributed by atoms with E-state index in [-0.39, 0.29) is 0 Å². The Balaban J connectivity index is 2.43. The molecule has 0 aliphatic rings. The number of alkyl halides is 1. The van der Waals surface area contributed by atoms with Crippen LogP contribution in [0.2, 0.25) is 0 Å². The first-order valence-electron chi connectivity index (χ1n) is 5.81. The summed E-state index contributed by atoms with van der Waals surface area (Å²) < 4.78 is 2.18. The molecule has 2 aromatic rings. The van der Waals surface area contributed by atoms with Crippen LogP contribution in [-0.4, -0.2) is 14.8 Å². The smallest absolute Gasteiger partial charge is 0.163 e. The molecule has 17 heavy (non-hydrogen) atoms. The number of hydrogen-bond acceptors (Lipinski definition) is 2. The topological polar surface area (TPSA) is 30.7 Å². The second kappa shape index (κ2) is 5.45. The van der Waals surface area contributed by atoms with E-state index in [4.69, 9.17) is 0 Å². The number of aromatic nitrogens is 3. The third-order valence-electron chi connectivity index (χ3n) is 2.70. The zero-order valence-electron chi connectivity index (χ0n) is 10.2. The van der Waals surface area contributed by atoms with Crippen LogP contribution in [0.25, 0.3) is 11.4 Å². The van der Waals surface area contributed by atoms with Crippen LogP contribution in [0.3, 0.4) is 0 Å². The van der Waals surface area contributed by atoms with E-state index in [9.17, 15) is 0 Å². The van der Waals surface area contributed by atoms with Gasteiger partial charge < -0.3 is 4.57 Å². The van der Waals surface area contributed by atoms with Gasteiger partial charge in [0.15, 0.2) is 5.82 Å². The van der Waals surface area contributed by atoms with Crippen molar-refractivity contribution >= 4 is 15.9 Å². The fourth-order valence-electron chi connectivity index (χ4n) is 1.81. The van der Waals surface area contributed by atoms with Crippen LogP contribution in [0.5, 0.6) is 0 Å². The lowest BCUT2D eigenvalue weighted by Gasteiger charge is -2.07. The Bertz CT molecular complexity index is 488. The third-order valence-corrected chi connectivity index (χ3v) is 3.21. The van der Waals surface area contributed by atoms with Crippen molar-refractivity contribution in [3.63, 3.8) is 0 Å². The minimum absolute atomic E-state index is 0.742. The van der Waals surface area contributed by atoms with Crippen molar-refractivity contribution in [1.82, 2.24) is 14.8 Å². The summed E-state index contributed by atoms with van der Waals surface area (Å²) in [6, 6.07) is 8.41. The second-order valence-electron chi connectivity index (χ2n) is 4.09. The van der Waals surface area contributed by atoms with E-state index in [1.807, 2.05) is 0 Å². The molecule has 0 N–H and O–H groups in total. The maximum atomic E-state index is 4.29. The van der Waals surface area contributed by atoms with Gasteiger partial charge in [-0.05, 0) is 13.3 Å². The highest BCUT2D eigenvalue weighted by molar-refractivity contribution is 9.08. The Labute approximate surface area is 110 Å². The highest BCUT2D eigenvalue weighted by Crippen LogP contribution is 2.20. The van der Waals surface area contributed by atoms with Crippen LogP contribution in [0.15, 0.2) is 24.3 Å². The predicted octanol–water partition coefficient (Wildman–Crippen LogP) is 3.56. The molecule has 0 spiro atoms. The van der Waals surface area contributed by atoms with Gasteiger partial charge in [0.1, 0.15) is 5.82 Å². The van der Waals surface area contributed by atoms with E-state index in [0.717, 1.165) is 35.5 Å². The minimum Gasteiger partial charge on any atom is -0.310 e. The van der Waals surface area contributed by atoms with Gasteiger partial charge in [-0.25, -0.2) is 0 Å². The number of nitrogens with zero attached hydrogens (tertiary/aromatic N) is 3. The molecule has 1 aromatic carbocycles. The molecule has 90 valence electrons. The maximum absolute atomic E-state index is 4.29. The number of benzene rings is 1. The predicted molar refractivity (Wildman–Crippen MR) is 73.1 cm³/mol. The van der Waals surface area contributed by atoms with Gasteiger partial charge in [0.2, 0.25) is 0 Å². The molecule has 1 heterocycles. The SMILES string of the molecule is CCCn1c(CBr)nnc1-c1ccc(C)cc1. The summed E-state index contributed by atoms with van der Waals surface area (Å²) in [6.07, 6.45) is 1.08. The third kappa shape index (κ3) is 2.57. The molecule has 0 saturated heterocycles. The van der Waals surface area contributed by atoms with E-state index >= 15 is 0 Å². The average molecular weight is 294 g/mol. The molecule has 0 saturated carbocycles. The van der Waals surface area contributed by atoms with Crippen LogP contribution in [0, 0.1) is 6.92 Å². The Morgan fingerprint density at radius 1 is 1.18 bits per heavy atom. The molecule has 0 radical (unpaired) electrons. The molecule has 0 amide bonds. The van der Waals surface area contributed by atoms with Gasteiger partial charge in [0.05, 0.1) is 5.33 Å². The highest BCUT2D eigenvalue weighted by atomic mass is 79.9. The maximum Gasteiger partial charge on any atom is 0.163 e. The normalized spacial score (nSPS) is 10.8. The molecule has 2 rings (SSSR count). The number of rotatable bonds is 4. The molecule has 0 aliphatic carbocycles. The van der Waals surface area contributed by atoms with Gasteiger partial charge in [-0.2, -0.15) is 0 Å². The van der Waals surface area contributed by atoms with Crippen molar-refractivity contribution in [2.24, 2.45) is 0 Å². The summed E-state index contributed by atoms with van der Waals surface area (Å²) in [7, 11) is 0. The van der Waals surface area contributed by atoms with Crippen LogP contribution < -0.4 is 0 Å². The van der Waals surface area contributed by atoms with Crippen LogP contribution in [-0.2, 0) is 11.9 Å². The summed E-state index contributed by atoms with van der Waals surface area (Å²) in [5.41, 5.74) is 2.39. The quantitative estimate of drug-likeness (QED) is 0.807. The first kappa shape index (κ1) is 12.3. The van der Waals surface area contributed by atoms with Crippen LogP contribution >= 0.6 is 15.9 Å². The van der Waals surface area contributed by atoms with Crippen LogP contribution in [0.1, 0.15) is 24.7 Å². The molecule has 0 unspecified atom stereocenters. The Hall–Kier alpha value is -1.16. The summed E-state index contributed by atoms with van der Waals surface area (Å²) in [4.78, 5) is 0. The summed E-state index contributed by atoms with van der Waals surface area (Å²) in [5.74, 6) is 1.95. The molecule has 3 nitrogen and oxygen atoms in total. The fraction of sp³-hybridized carbons (Fsp3) is 0.385. The van der Waals surface area contributed by atoms with Crippen molar-refractivity contribution in [2.45, 2.75) is 32.1 Å². The Morgan fingerprint density at radius 3 is 2.47 bits per heavy atom. The Morgan fingerprint density at radius 2 is 1.88 bits per heavy atom. The molecule has 0 atom stereocenters. The molecule has 0 bridgehead atoms. The lowest BCUT2D eigenvalue weighted by atomic mass is 10.1. The number of aryl methyl sites for hydroxylation is 1. The van der Waals surface area contributed by atoms with Crippen molar-refractivity contribution in [3.8, 4) is 11.4 Å². The van der Waals surface area contributed by atoms with Gasteiger partial charge in [0, 0.05) is 12.1 Å². The highest BCUT2D eigenvalue weighted by Gasteiger charge is 2.11. The minimum atomic E-state index is 0.742. The van der Waals surface area contributed by atoms with Crippen molar-refractivity contribution in [2.75, 3.05) is 0 Å². The molecule has 4 heteroatoms. The lowest BCUT2D eigenvalue weighted by Crippen LogP contribution is -2.03. The van der Waals surface area contributed by atoms with E-state index in [1.165, 1.54) is 5.56 Å². The van der Waals surface area contributed by atoms with E-state index in [1.54, 1.807) is 0 Å². The molecule has 0 fully saturated rings. The lowest BCUT2D eigenvalue weighted by molar-refractivity contribution is 0.661. The Kier molecular flexibility index (Phi) is 3.94. The van der Waals surface area contributed by atoms with Crippen molar-refractivity contribution < 1.29 is 0 Å². The molecule has 1 aromatic heterocycles. The van der Waals surface area contributed by atoms with Crippen molar-refractivity contribution in [3.05, 3.63) is 35.7 Å². The van der Waals surface area contributed by atoms with Gasteiger partial charge in [0.25, 0.3) is 0 Å². The van der Waals surface area contributed by atoms with Gasteiger partial charge in [-0.15, -0.1) is 10.2 Å². The van der Waals surface area contributed by atoms with Crippen LogP contribution in [0.4, 0.5) is 0 Å². The average Bonchev–Trinajstić information content (AvgIpc) is 2.74. The van der Waals surface area contributed by atoms with E-state index in [0.29, 0.717) is 0 Å². The molecule has 0 aliphatic heterocycles. The van der Waals surface area contributed by atoms with E-state index in [2.05, 4.69) is 68.8 Å². The largest absolute Gasteiger partial charge is 0.310 e. The summed E-state index contributed by atoms with van der Waals surface area (Å²) >= 11 is 3.45. The van der Waals surface area contributed by atoms with Gasteiger partial charge in [-0.1, -0.05) is 52.7 Å². The summed E-state index contributed by atoms with van der Waals surface area (Å²) in [5, 5.41) is 9.25. The number of halogens is 1. The van der Waals surface area contributed by atoms with Gasteiger partial charge >= 0.3 is 0 Å². The zero-order valence-corrected chi connectivity index (χ0v) is 11.7. The van der Waals surface area contributed by atoms with Gasteiger partial charge in [-0.3, -0.25) is 0 Å². The first-order valence-corrected chi connectivity index (χ1v) is 6.93. The summed E-state index contributed by atoms with van der Waals surface area (Å²) in [6.45, 7) is 5.21. The molecular formula is C13H16BrN3. The standard InChI is InChI=1S/C13H16BrN3/c1-3-8-17-12(9-14)15-16-13(17)11-6-4-10(2)5-7-11/h4-7H,3,8-9H2,1-2H3. The molecular weight excluding hydrogens is 278 g/mol. The first-order chi connectivity index (χ1) is 8.26. The second-order valence-corrected chi connectivity index (χ2v) is 4.65. The monoisotopic (exact) mass is 293 g/mol. The van der Waals surface area contributed by atoms with Crippen molar-refractivity contribution in [1.29, 1.82) is 0 Å². The zero-order chi connectivity index (χ0) is 12.3. The fourth-order valence-corrected chi connectivity index (χ4v) is 2.22.